The van der Waals surface area contributed by atoms with Gasteiger partial charge in [-0.2, -0.15) is 4.99 Å². The third-order valence-corrected chi connectivity index (χ3v) is 5.45. The summed E-state index contributed by atoms with van der Waals surface area (Å²) in [4.78, 5) is 29.7. The Hall–Kier alpha value is -2.91. The molecule has 1 fully saturated rings. The molecular weight excluding hydrogens is 382 g/mol. The number of carbonyl (C=O) groups is 1. The highest BCUT2D eigenvalue weighted by Crippen LogP contribution is 2.34. The fourth-order valence-corrected chi connectivity index (χ4v) is 3.94. The molecule has 0 unspecified atom stereocenters. The summed E-state index contributed by atoms with van der Waals surface area (Å²) >= 11 is 1.30. The predicted octanol–water partition coefficient (Wildman–Crippen LogP) is 3.47. The SMILES string of the molecule is Cc1ccc(-c2ccc(/C=C3/SC(N4CCOCC4)=NC3=O)o2)c([N+](=O)[O-])c1. The summed E-state index contributed by atoms with van der Waals surface area (Å²) in [6.07, 6.45) is 1.62. The first kappa shape index (κ1) is 18.5. The average Bonchev–Trinajstić information content (AvgIpc) is 3.30. The summed E-state index contributed by atoms with van der Waals surface area (Å²) in [6.45, 7) is 4.43. The van der Waals surface area contributed by atoms with Crippen molar-refractivity contribution >= 4 is 34.6 Å². The summed E-state index contributed by atoms with van der Waals surface area (Å²) in [7, 11) is 0. The molecule has 1 amide bonds. The maximum absolute atomic E-state index is 12.2. The Morgan fingerprint density at radius 3 is 2.79 bits per heavy atom. The highest BCUT2D eigenvalue weighted by molar-refractivity contribution is 8.18. The van der Waals surface area contributed by atoms with Crippen molar-refractivity contribution < 1.29 is 18.9 Å². The van der Waals surface area contributed by atoms with Crippen LogP contribution >= 0.6 is 11.8 Å². The van der Waals surface area contributed by atoms with E-state index in [1.165, 1.54) is 17.8 Å². The molecule has 28 heavy (non-hydrogen) atoms. The number of morpholine rings is 1. The van der Waals surface area contributed by atoms with Crippen LogP contribution in [0.4, 0.5) is 5.69 Å². The number of nitrogens with zero attached hydrogens (tertiary/aromatic N) is 3. The second-order valence-corrected chi connectivity index (χ2v) is 7.40. The highest BCUT2D eigenvalue weighted by Gasteiger charge is 2.27. The van der Waals surface area contributed by atoms with E-state index in [0.717, 1.165) is 5.56 Å². The molecule has 0 N–H and O–H groups in total. The van der Waals surface area contributed by atoms with Gasteiger partial charge in [0, 0.05) is 25.2 Å². The van der Waals surface area contributed by atoms with Crippen LogP contribution in [0.25, 0.3) is 17.4 Å². The van der Waals surface area contributed by atoms with Crippen LogP contribution in [-0.4, -0.2) is 47.2 Å². The number of aliphatic imine (C=N–C) groups is 1. The number of furan rings is 1. The number of nitro groups is 1. The number of hydrogen-bond donors (Lipinski definition) is 0. The summed E-state index contributed by atoms with van der Waals surface area (Å²) in [5.41, 5.74) is 1.18. The number of aryl methyl sites for hydroxylation is 1. The molecule has 0 aliphatic carbocycles. The first-order valence-electron chi connectivity index (χ1n) is 8.72. The zero-order valence-corrected chi connectivity index (χ0v) is 15.9. The van der Waals surface area contributed by atoms with E-state index in [0.29, 0.717) is 53.5 Å². The predicted molar refractivity (Wildman–Crippen MR) is 106 cm³/mol. The van der Waals surface area contributed by atoms with Crippen LogP contribution < -0.4 is 0 Å². The maximum atomic E-state index is 12.2. The van der Waals surface area contributed by atoms with Gasteiger partial charge in [-0.3, -0.25) is 14.9 Å². The fourth-order valence-electron chi connectivity index (χ4n) is 2.99. The number of hydrogen-bond acceptors (Lipinski definition) is 7. The Balaban J connectivity index is 1.56. The minimum absolute atomic E-state index is 0.0159. The minimum Gasteiger partial charge on any atom is -0.456 e. The normalized spacial score (nSPS) is 18.6. The second-order valence-electron chi connectivity index (χ2n) is 6.39. The van der Waals surface area contributed by atoms with E-state index in [1.54, 1.807) is 37.3 Å². The van der Waals surface area contributed by atoms with E-state index in [1.807, 2.05) is 4.90 Å². The number of amidine groups is 1. The largest absolute Gasteiger partial charge is 0.456 e. The number of nitro benzene ring substituents is 1. The van der Waals surface area contributed by atoms with Gasteiger partial charge in [0.1, 0.15) is 11.5 Å². The summed E-state index contributed by atoms with van der Waals surface area (Å²) in [6, 6.07) is 8.32. The van der Waals surface area contributed by atoms with Crippen LogP contribution in [0.5, 0.6) is 0 Å². The molecule has 0 atom stereocenters. The topological polar surface area (TPSA) is 98.2 Å². The van der Waals surface area contributed by atoms with Gasteiger partial charge in [-0.15, -0.1) is 0 Å². The second kappa shape index (κ2) is 7.61. The van der Waals surface area contributed by atoms with Gasteiger partial charge >= 0.3 is 0 Å². The standard InChI is InChI=1S/C19H17N3O5S/c1-12-2-4-14(15(10-12)22(24)25)16-5-3-13(27-16)11-17-18(23)20-19(28-17)21-6-8-26-9-7-21/h2-5,10-11H,6-9H2,1H3/b17-11+. The van der Waals surface area contributed by atoms with Crippen molar-refractivity contribution in [2.45, 2.75) is 6.92 Å². The van der Waals surface area contributed by atoms with Gasteiger partial charge in [0.2, 0.25) is 0 Å². The smallest absolute Gasteiger partial charge is 0.286 e. The molecule has 144 valence electrons. The summed E-state index contributed by atoms with van der Waals surface area (Å²) in [5.74, 6) is 0.508. The molecule has 4 rings (SSSR count). The van der Waals surface area contributed by atoms with Crippen molar-refractivity contribution in [1.82, 2.24) is 4.90 Å². The Labute approximate surface area is 165 Å². The molecular formula is C19H17N3O5S. The van der Waals surface area contributed by atoms with E-state index < -0.39 is 4.92 Å². The molecule has 0 saturated carbocycles. The van der Waals surface area contributed by atoms with Gasteiger partial charge in [-0.1, -0.05) is 6.07 Å². The summed E-state index contributed by atoms with van der Waals surface area (Å²) < 4.78 is 11.1. The monoisotopic (exact) mass is 399 g/mol. The molecule has 2 aliphatic rings. The Morgan fingerprint density at radius 1 is 1.25 bits per heavy atom. The molecule has 2 aromatic rings. The van der Waals surface area contributed by atoms with Gasteiger partial charge < -0.3 is 14.1 Å². The van der Waals surface area contributed by atoms with Crippen molar-refractivity contribution in [2.24, 2.45) is 4.99 Å². The molecule has 3 heterocycles. The molecule has 2 aliphatic heterocycles. The highest BCUT2D eigenvalue weighted by atomic mass is 32.2. The number of thioether (sulfide) groups is 1. The Morgan fingerprint density at radius 2 is 2.04 bits per heavy atom. The third-order valence-electron chi connectivity index (χ3n) is 4.41. The van der Waals surface area contributed by atoms with Crippen LogP contribution in [0.1, 0.15) is 11.3 Å². The zero-order chi connectivity index (χ0) is 19.7. The number of rotatable bonds is 3. The Bertz CT molecular complexity index is 1000. The van der Waals surface area contributed by atoms with Crippen molar-refractivity contribution in [3.63, 3.8) is 0 Å². The quantitative estimate of drug-likeness (QED) is 0.443. The van der Waals surface area contributed by atoms with E-state index in [-0.39, 0.29) is 11.6 Å². The lowest BCUT2D eigenvalue weighted by Crippen LogP contribution is -2.38. The van der Waals surface area contributed by atoms with Gasteiger partial charge in [-0.25, -0.2) is 0 Å². The molecule has 0 spiro atoms. The zero-order valence-electron chi connectivity index (χ0n) is 15.1. The van der Waals surface area contributed by atoms with Gasteiger partial charge in [-0.05, 0) is 42.4 Å². The van der Waals surface area contributed by atoms with Crippen molar-refractivity contribution in [3.8, 4) is 11.3 Å². The molecule has 8 nitrogen and oxygen atoms in total. The van der Waals surface area contributed by atoms with Crippen molar-refractivity contribution in [2.75, 3.05) is 26.3 Å². The van der Waals surface area contributed by atoms with E-state index in [2.05, 4.69) is 4.99 Å². The van der Waals surface area contributed by atoms with Crippen LogP contribution in [0.2, 0.25) is 0 Å². The molecule has 9 heteroatoms. The lowest BCUT2D eigenvalue weighted by atomic mass is 10.1. The summed E-state index contributed by atoms with van der Waals surface area (Å²) in [5, 5.41) is 12.0. The number of carbonyl (C=O) groups excluding carboxylic acids is 1. The van der Waals surface area contributed by atoms with E-state index >= 15 is 0 Å². The molecule has 0 bridgehead atoms. The first-order valence-corrected chi connectivity index (χ1v) is 9.53. The molecule has 1 aromatic carbocycles. The number of ether oxygens (including phenoxy) is 1. The van der Waals surface area contributed by atoms with Crippen molar-refractivity contribution in [3.05, 3.63) is 56.7 Å². The number of benzene rings is 1. The van der Waals surface area contributed by atoms with Crippen LogP contribution in [0, 0.1) is 17.0 Å². The third kappa shape index (κ3) is 3.71. The van der Waals surface area contributed by atoms with Crippen molar-refractivity contribution in [1.29, 1.82) is 0 Å². The lowest BCUT2D eigenvalue weighted by molar-refractivity contribution is -0.384. The minimum atomic E-state index is -0.429. The van der Waals surface area contributed by atoms with E-state index in [9.17, 15) is 14.9 Å². The molecule has 1 saturated heterocycles. The molecule has 0 radical (unpaired) electrons. The van der Waals surface area contributed by atoms with Gasteiger partial charge in [0.15, 0.2) is 5.17 Å². The molecule has 1 aromatic heterocycles. The fraction of sp³-hybridized carbons (Fsp3) is 0.263. The van der Waals surface area contributed by atoms with Crippen LogP contribution in [0.15, 0.2) is 44.6 Å². The maximum Gasteiger partial charge on any atom is 0.286 e. The average molecular weight is 399 g/mol. The van der Waals surface area contributed by atoms with Crippen LogP contribution in [-0.2, 0) is 9.53 Å². The Kier molecular flexibility index (Phi) is 5.01. The van der Waals surface area contributed by atoms with Gasteiger partial charge in [0.25, 0.3) is 11.6 Å². The van der Waals surface area contributed by atoms with E-state index in [4.69, 9.17) is 9.15 Å². The van der Waals surface area contributed by atoms with Gasteiger partial charge in [0.05, 0.1) is 28.6 Å². The number of amides is 1. The first-order chi connectivity index (χ1) is 13.5. The lowest BCUT2D eigenvalue weighted by Gasteiger charge is -2.27. The van der Waals surface area contributed by atoms with Crippen LogP contribution in [0.3, 0.4) is 0 Å².